The van der Waals surface area contributed by atoms with Crippen molar-refractivity contribution in [2.75, 3.05) is 7.11 Å². The number of nitrogens with zero attached hydrogens (tertiary/aromatic N) is 1. The molecule has 2 aromatic carbocycles. The molecule has 0 aliphatic rings. The van der Waals surface area contributed by atoms with Gasteiger partial charge in [0.05, 0.1) is 19.3 Å². The molecule has 0 aliphatic heterocycles. The first-order valence-electron chi connectivity index (χ1n) is 9.15. The van der Waals surface area contributed by atoms with E-state index in [1.165, 1.54) is 0 Å². The van der Waals surface area contributed by atoms with Crippen LogP contribution in [0.2, 0.25) is 0 Å². The van der Waals surface area contributed by atoms with Crippen LogP contribution in [0, 0.1) is 0 Å². The van der Waals surface area contributed by atoms with Crippen molar-refractivity contribution in [1.82, 2.24) is 10.5 Å². The summed E-state index contributed by atoms with van der Waals surface area (Å²) in [7, 11) is 1.59. The zero-order valence-electron chi connectivity index (χ0n) is 16.4. The fourth-order valence-electron chi connectivity index (χ4n) is 2.78. The standard InChI is InChI=1S/C22H24N2O4/c1-14(2)27-19-11-10-17(12-20(19)26-4)15(3)23-22(25)21-13-18(24-28-21)16-8-6-5-7-9-16/h5-15H,1-4H3,(H,23,25). The van der Waals surface area contributed by atoms with Crippen molar-refractivity contribution in [2.45, 2.75) is 32.9 Å². The van der Waals surface area contributed by atoms with Crippen molar-refractivity contribution < 1.29 is 18.8 Å². The molecule has 3 rings (SSSR count). The minimum atomic E-state index is -0.330. The van der Waals surface area contributed by atoms with Crippen molar-refractivity contribution in [2.24, 2.45) is 0 Å². The molecule has 146 valence electrons. The predicted molar refractivity (Wildman–Crippen MR) is 107 cm³/mol. The van der Waals surface area contributed by atoms with E-state index >= 15 is 0 Å². The van der Waals surface area contributed by atoms with E-state index < -0.39 is 0 Å². The van der Waals surface area contributed by atoms with Crippen molar-refractivity contribution >= 4 is 5.91 Å². The molecule has 6 nitrogen and oxygen atoms in total. The van der Waals surface area contributed by atoms with E-state index in [2.05, 4.69) is 10.5 Å². The highest BCUT2D eigenvalue weighted by atomic mass is 16.5. The maximum absolute atomic E-state index is 12.5. The van der Waals surface area contributed by atoms with E-state index in [-0.39, 0.29) is 23.8 Å². The van der Waals surface area contributed by atoms with Gasteiger partial charge in [-0.1, -0.05) is 41.6 Å². The summed E-state index contributed by atoms with van der Waals surface area (Å²) in [6.07, 6.45) is 0.0436. The number of methoxy groups -OCH3 is 1. The summed E-state index contributed by atoms with van der Waals surface area (Å²) in [5, 5.41) is 6.90. The topological polar surface area (TPSA) is 73.6 Å². The molecular formula is C22H24N2O4. The first kappa shape index (κ1) is 19.5. The molecule has 6 heteroatoms. The summed E-state index contributed by atoms with van der Waals surface area (Å²) in [6, 6.07) is 16.6. The average molecular weight is 380 g/mol. The second kappa shape index (κ2) is 8.61. The Kier molecular flexibility index (Phi) is 5.99. The Bertz CT molecular complexity index is 935. The molecule has 0 radical (unpaired) electrons. The summed E-state index contributed by atoms with van der Waals surface area (Å²) >= 11 is 0. The Morgan fingerprint density at radius 3 is 2.46 bits per heavy atom. The fraction of sp³-hybridized carbons (Fsp3) is 0.273. The molecule has 1 heterocycles. The number of ether oxygens (including phenoxy) is 2. The third-order valence-corrected chi connectivity index (χ3v) is 4.20. The molecule has 1 amide bonds. The van der Waals surface area contributed by atoms with Crippen LogP contribution in [0.25, 0.3) is 11.3 Å². The Labute approximate surface area is 164 Å². The summed E-state index contributed by atoms with van der Waals surface area (Å²) in [4.78, 5) is 12.5. The minimum Gasteiger partial charge on any atom is -0.493 e. The summed E-state index contributed by atoms with van der Waals surface area (Å²) < 4.78 is 16.4. The van der Waals surface area contributed by atoms with Crippen LogP contribution in [0.1, 0.15) is 42.9 Å². The van der Waals surface area contributed by atoms with Gasteiger partial charge in [-0.05, 0) is 38.5 Å². The molecule has 0 saturated heterocycles. The van der Waals surface area contributed by atoms with Gasteiger partial charge in [-0.3, -0.25) is 4.79 Å². The van der Waals surface area contributed by atoms with Gasteiger partial charge in [-0.25, -0.2) is 0 Å². The number of carbonyl (C=O) groups excluding carboxylic acids is 1. The number of amides is 1. The van der Waals surface area contributed by atoms with Crippen LogP contribution in [0.3, 0.4) is 0 Å². The maximum atomic E-state index is 12.5. The molecule has 0 aliphatic carbocycles. The molecule has 1 N–H and O–H groups in total. The lowest BCUT2D eigenvalue weighted by atomic mass is 10.1. The number of rotatable bonds is 7. The van der Waals surface area contributed by atoms with Gasteiger partial charge in [0.15, 0.2) is 11.5 Å². The lowest BCUT2D eigenvalue weighted by Crippen LogP contribution is -2.26. The van der Waals surface area contributed by atoms with E-state index in [0.717, 1.165) is 11.1 Å². The smallest absolute Gasteiger partial charge is 0.290 e. The van der Waals surface area contributed by atoms with Gasteiger partial charge in [0, 0.05) is 11.6 Å². The minimum absolute atomic E-state index is 0.0436. The Morgan fingerprint density at radius 1 is 1.04 bits per heavy atom. The average Bonchev–Trinajstić information content (AvgIpc) is 3.19. The van der Waals surface area contributed by atoms with Crippen LogP contribution in [-0.4, -0.2) is 24.3 Å². The molecule has 0 fully saturated rings. The number of nitrogens with one attached hydrogen (secondary N) is 1. The van der Waals surface area contributed by atoms with Gasteiger partial charge >= 0.3 is 0 Å². The molecule has 0 spiro atoms. The Morgan fingerprint density at radius 2 is 1.79 bits per heavy atom. The number of hydrogen-bond donors (Lipinski definition) is 1. The van der Waals surface area contributed by atoms with Gasteiger partial charge in [-0.15, -0.1) is 0 Å². The van der Waals surface area contributed by atoms with E-state index in [0.29, 0.717) is 17.2 Å². The van der Waals surface area contributed by atoms with Crippen LogP contribution in [0.4, 0.5) is 0 Å². The van der Waals surface area contributed by atoms with E-state index in [4.69, 9.17) is 14.0 Å². The summed E-state index contributed by atoms with van der Waals surface area (Å²) in [5.41, 5.74) is 2.41. The third-order valence-electron chi connectivity index (χ3n) is 4.20. The molecular weight excluding hydrogens is 356 g/mol. The van der Waals surface area contributed by atoms with Crippen LogP contribution >= 0.6 is 0 Å². The van der Waals surface area contributed by atoms with Crippen molar-refractivity contribution in [3.63, 3.8) is 0 Å². The first-order valence-corrected chi connectivity index (χ1v) is 9.15. The maximum Gasteiger partial charge on any atom is 0.290 e. The third kappa shape index (κ3) is 4.52. The van der Waals surface area contributed by atoms with Crippen molar-refractivity contribution in [1.29, 1.82) is 0 Å². The van der Waals surface area contributed by atoms with E-state index in [1.807, 2.05) is 69.3 Å². The zero-order chi connectivity index (χ0) is 20.1. The number of benzene rings is 2. The van der Waals surface area contributed by atoms with Gasteiger partial charge in [-0.2, -0.15) is 0 Å². The summed E-state index contributed by atoms with van der Waals surface area (Å²) in [6.45, 7) is 5.80. The zero-order valence-corrected chi connectivity index (χ0v) is 16.4. The van der Waals surface area contributed by atoms with Crippen LogP contribution in [-0.2, 0) is 0 Å². The Balaban J connectivity index is 1.71. The van der Waals surface area contributed by atoms with E-state index in [1.54, 1.807) is 13.2 Å². The molecule has 1 atom stereocenters. The Hall–Kier alpha value is -3.28. The lowest BCUT2D eigenvalue weighted by molar-refractivity contribution is 0.0902. The monoisotopic (exact) mass is 380 g/mol. The highest BCUT2D eigenvalue weighted by molar-refractivity contribution is 5.92. The normalized spacial score (nSPS) is 11.9. The molecule has 28 heavy (non-hydrogen) atoms. The number of hydrogen-bond acceptors (Lipinski definition) is 5. The quantitative estimate of drug-likeness (QED) is 0.647. The van der Waals surface area contributed by atoms with Gasteiger partial charge in [0.2, 0.25) is 5.76 Å². The molecule has 0 saturated carbocycles. The number of aromatic nitrogens is 1. The largest absolute Gasteiger partial charge is 0.493 e. The van der Waals surface area contributed by atoms with Gasteiger partial charge in [0.25, 0.3) is 5.91 Å². The molecule has 3 aromatic rings. The first-order chi connectivity index (χ1) is 13.5. The molecule has 0 bridgehead atoms. The molecule has 1 unspecified atom stereocenters. The van der Waals surface area contributed by atoms with Gasteiger partial charge < -0.3 is 19.3 Å². The van der Waals surface area contributed by atoms with Crippen molar-refractivity contribution in [3.8, 4) is 22.8 Å². The second-order valence-electron chi connectivity index (χ2n) is 6.71. The fourth-order valence-corrected chi connectivity index (χ4v) is 2.78. The van der Waals surface area contributed by atoms with Crippen LogP contribution in [0.15, 0.2) is 59.1 Å². The molecule has 1 aromatic heterocycles. The highest BCUT2D eigenvalue weighted by Crippen LogP contribution is 2.31. The second-order valence-corrected chi connectivity index (χ2v) is 6.71. The van der Waals surface area contributed by atoms with Gasteiger partial charge in [0.1, 0.15) is 5.69 Å². The van der Waals surface area contributed by atoms with E-state index in [9.17, 15) is 4.79 Å². The predicted octanol–water partition coefficient (Wildman–Crippen LogP) is 4.63. The highest BCUT2D eigenvalue weighted by Gasteiger charge is 2.18. The summed E-state index contributed by atoms with van der Waals surface area (Å²) in [5.74, 6) is 1.13. The van der Waals surface area contributed by atoms with Crippen LogP contribution < -0.4 is 14.8 Å². The SMILES string of the molecule is COc1cc(C(C)NC(=O)c2cc(-c3ccccc3)no2)ccc1OC(C)C. The lowest BCUT2D eigenvalue weighted by Gasteiger charge is -2.17. The number of carbonyl (C=O) groups is 1. The van der Waals surface area contributed by atoms with Crippen LogP contribution in [0.5, 0.6) is 11.5 Å². The van der Waals surface area contributed by atoms with Crippen molar-refractivity contribution in [3.05, 3.63) is 65.9 Å².